The van der Waals surface area contributed by atoms with Gasteiger partial charge in [-0.25, -0.2) is 4.79 Å². The first-order valence-corrected chi connectivity index (χ1v) is 4.42. The predicted octanol–water partition coefficient (Wildman–Crippen LogP) is 0.875. The molecule has 0 aromatic heterocycles. The van der Waals surface area contributed by atoms with Gasteiger partial charge in [-0.05, 0) is 29.5 Å². The number of ether oxygens (including phenoxy) is 2. The highest BCUT2D eigenvalue weighted by Crippen LogP contribution is 2.34. The van der Waals surface area contributed by atoms with E-state index in [1.165, 1.54) is 32.4 Å². The lowest BCUT2D eigenvalue weighted by atomic mass is 10.1. The van der Waals surface area contributed by atoms with E-state index in [2.05, 4.69) is 0 Å². The van der Waals surface area contributed by atoms with Crippen LogP contribution in [0.5, 0.6) is 17.2 Å². The van der Waals surface area contributed by atoms with Crippen LogP contribution in [0.4, 0.5) is 0 Å². The second-order valence-electron chi connectivity index (χ2n) is 2.93. The molecule has 0 amide bonds. The van der Waals surface area contributed by atoms with Crippen LogP contribution < -0.4 is 14.6 Å². The topological polar surface area (TPSA) is 78.8 Å². The predicted molar refractivity (Wildman–Crippen MR) is 55.7 cm³/mol. The van der Waals surface area contributed by atoms with Gasteiger partial charge in [0.05, 0.1) is 14.2 Å². The van der Waals surface area contributed by atoms with Crippen LogP contribution in [0.3, 0.4) is 0 Å². The molecule has 0 saturated carbocycles. The molecule has 0 atom stereocenters. The van der Waals surface area contributed by atoms with Crippen LogP contribution in [-0.4, -0.2) is 25.3 Å². The fourth-order valence-electron chi connectivity index (χ4n) is 1.16. The molecule has 1 aromatic carbocycles. The summed E-state index contributed by atoms with van der Waals surface area (Å²) in [6.07, 6.45) is 2.32. The number of methoxy groups -OCH3 is 2. The van der Waals surface area contributed by atoms with Gasteiger partial charge in [0.25, 0.3) is 0 Å². The molecule has 86 valence electrons. The lowest BCUT2D eigenvalue weighted by Gasteiger charge is -2.17. The zero-order chi connectivity index (χ0) is 12.1. The highest BCUT2D eigenvalue weighted by Gasteiger charge is 2.03. The normalized spacial score (nSPS) is 10.4. The zero-order valence-corrected chi connectivity index (χ0v) is 8.89. The molecule has 1 aromatic rings. The summed E-state index contributed by atoms with van der Waals surface area (Å²) in [6, 6.07) is 2.90. The standard InChI is InChI=1S/C11H12O5/c1-15-8-5-7(3-4-10(12)13)6-9(16-2)11(8)14/h3-6,14H,1-2H3,(H,12,13)/p-1/b4-3-. The van der Waals surface area contributed by atoms with Crippen molar-refractivity contribution in [3.8, 4) is 17.2 Å². The summed E-state index contributed by atoms with van der Waals surface area (Å²) in [5.41, 5.74) is 0.524. The van der Waals surface area contributed by atoms with Crippen molar-refractivity contribution in [2.45, 2.75) is 0 Å². The van der Waals surface area contributed by atoms with Gasteiger partial charge in [0.15, 0.2) is 0 Å². The quantitative estimate of drug-likeness (QED) is 0.766. The molecule has 0 aliphatic carbocycles. The van der Waals surface area contributed by atoms with Gasteiger partial charge in [0.1, 0.15) is 11.5 Å². The van der Waals surface area contributed by atoms with E-state index in [1.807, 2.05) is 0 Å². The van der Waals surface area contributed by atoms with Gasteiger partial charge in [-0.3, -0.25) is 0 Å². The van der Waals surface area contributed by atoms with E-state index in [9.17, 15) is 9.90 Å². The van der Waals surface area contributed by atoms with E-state index in [4.69, 9.17) is 14.6 Å². The van der Waals surface area contributed by atoms with Crippen molar-refractivity contribution in [3.63, 3.8) is 0 Å². The molecule has 0 radical (unpaired) electrons. The van der Waals surface area contributed by atoms with Crippen LogP contribution in [-0.2, 0) is 4.79 Å². The van der Waals surface area contributed by atoms with Gasteiger partial charge in [-0.2, -0.15) is 0 Å². The van der Waals surface area contributed by atoms with Crippen molar-refractivity contribution in [1.29, 1.82) is 0 Å². The summed E-state index contributed by atoms with van der Waals surface area (Å²) in [4.78, 5) is 10.3. The Morgan fingerprint density at radius 1 is 1.31 bits per heavy atom. The maximum atomic E-state index is 11.5. The number of benzene rings is 1. The summed E-state index contributed by atoms with van der Waals surface area (Å²) in [7, 11) is 2.72. The van der Waals surface area contributed by atoms with E-state index >= 15 is 0 Å². The molecule has 0 spiro atoms. The molecular weight excluding hydrogens is 212 g/mol. The summed E-state index contributed by atoms with van der Waals surface area (Å²) >= 11 is 0. The zero-order valence-electron chi connectivity index (χ0n) is 8.89. The van der Waals surface area contributed by atoms with Gasteiger partial charge < -0.3 is 19.7 Å². The third-order valence-corrected chi connectivity index (χ3v) is 1.90. The van der Waals surface area contributed by atoms with Crippen LogP contribution in [0.1, 0.15) is 5.56 Å². The Morgan fingerprint density at radius 3 is 2.19 bits per heavy atom. The molecule has 0 aliphatic heterocycles. The van der Waals surface area contributed by atoms with Crippen LogP contribution in [0.2, 0.25) is 0 Å². The maximum absolute atomic E-state index is 11.5. The first-order chi connectivity index (χ1) is 7.58. The van der Waals surface area contributed by atoms with Crippen molar-refractivity contribution >= 4 is 12.0 Å². The molecule has 0 bridgehead atoms. The number of aliphatic carboxylic acids is 1. The second kappa shape index (κ2) is 5.06. The molecule has 0 aliphatic rings. The Balaban J connectivity index is 3.16. The molecule has 0 saturated heterocycles. The van der Waals surface area contributed by atoms with Crippen molar-refractivity contribution in [2.75, 3.05) is 14.2 Å². The number of rotatable bonds is 4. The van der Waals surface area contributed by atoms with Gasteiger partial charge in [0.2, 0.25) is 0 Å². The van der Waals surface area contributed by atoms with E-state index in [-0.39, 0.29) is 17.2 Å². The van der Waals surface area contributed by atoms with E-state index < -0.39 is 5.97 Å². The lowest BCUT2D eigenvalue weighted by molar-refractivity contribution is -0.271. The van der Waals surface area contributed by atoms with Crippen molar-refractivity contribution in [2.24, 2.45) is 0 Å². The SMILES string of the molecule is COc1cc(/C=C\C(=O)O)cc(OC)c1[O-]. The van der Waals surface area contributed by atoms with Gasteiger partial charge in [-0.15, -0.1) is 0 Å². The largest absolute Gasteiger partial charge is 0.867 e. The monoisotopic (exact) mass is 223 g/mol. The molecule has 5 heteroatoms. The Kier molecular flexibility index (Phi) is 3.77. The van der Waals surface area contributed by atoms with E-state index in [1.54, 1.807) is 0 Å². The first-order valence-electron chi connectivity index (χ1n) is 4.42. The van der Waals surface area contributed by atoms with Crippen molar-refractivity contribution < 1.29 is 24.5 Å². The maximum Gasteiger partial charge on any atom is 0.328 e. The Bertz CT molecular complexity index is 397. The lowest BCUT2D eigenvalue weighted by Crippen LogP contribution is -1.99. The van der Waals surface area contributed by atoms with Crippen LogP contribution in [0.25, 0.3) is 6.08 Å². The third kappa shape index (κ3) is 2.66. The molecular formula is C11H11O5-. The summed E-state index contributed by atoms with van der Waals surface area (Å²) in [6.45, 7) is 0. The van der Waals surface area contributed by atoms with E-state index in [0.717, 1.165) is 6.08 Å². The average Bonchev–Trinajstić information content (AvgIpc) is 2.27. The molecule has 0 fully saturated rings. The fourth-order valence-corrected chi connectivity index (χ4v) is 1.16. The summed E-state index contributed by atoms with van der Waals surface area (Å²) < 4.78 is 9.72. The molecule has 0 unspecified atom stereocenters. The van der Waals surface area contributed by atoms with Crippen LogP contribution >= 0.6 is 0 Å². The average molecular weight is 223 g/mol. The minimum Gasteiger partial charge on any atom is -0.867 e. The smallest absolute Gasteiger partial charge is 0.328 e. The van der Waals surface area contributed by atoms with Crippen molar-refractivity contribution in [3.05, 3.63) is 23.8 Å². The molecule has 1 rings (SSSR count). The number of carbonyl (C=O) groups is 1. The Labute approximate surface area is 92.5 Å². The number of hydrogen-bond acceptors (Lipinski definition) is 4. The number of carboxylic acids is 1. The van der Waals surface area contributed by atoms with Crippen molar-refractivity contribution in [1.82, 2.24) is 0 Å². The highest BCUT2D eigenvalue weighted by atomic mass is 16.5. The van der Waals surface area contributed by atoms with Gasteiger partial charge >= 0.3 is 5.97 Å². The summed E-state index contributed by atoms with van der Waals surface area (Å²) in [5, 5.41) is 20.0. The molecule has 16 heavy (non-hydrogen) atoms. The van der Waals surface area contributed by atoms with Crippen LogP contribution in [0, 0.1) is 0 Å². The fraction of sp³-hybridized carbons (Fsp3) is 0.182. The van der Waals surface area contributed by atoms with E-state index in [0.29, 0.717) is 5.56 Å². The highest BCUT2D eigenvalue weighted by molar-refractivity contribution is 5.85. The Morgan fingerprint density at radius 2 is 1.81 bits per heavy atom. The second-order valence-corrected chi connectivity index (χ2v) is 2.93. The number of carboxylic acid groups (broad SMARTS) is 1. The minimum atomic E-state index is -1.07. The van der Waals surface area contributed by atoms with Crippen LogP contribution in [0.15, 0.2) is 18.2 Å². The Hall–Kier alpha value is -2.17. The number of hydrogen-bond donors (Lipinski definition) is 1. The summed E-state index contributed by atoms with van der Waals surface area (Å²) in [5.74, 6) is -1.20. The minimum absolute atomic E-state index is 0.115. The molecule has 5 nitrogen and oxygen atoms in total. The first kappa shape index (κ1) is 11.9. The molecule has 0 heterocycles. The third-order valence-electron chi connectivity index (χ3n) is 1.90. The van der Waals surface area contributed by atoms with Gasteiger partial charge in [-0.1, -0.05) is 0 Å². The molecule has 1 N–H and O–H groups in total. The van der Waals surface area contributed by atoms with Gasteiger partial charge in [0, 0.05) is 6.08 Å².